The Morgan fingerprint density at radius 3 is 1.89 bits per heavy atom. The molecule has 1 heterocycles. The Hall–Kier alpha value is -2.02. The third-order valence-electron chi connectivity index (χ3n) is 3.66. The maximum atomic E-state index is 4.08. The maximum absolute atomic E-state index is 4.08. The summed E-state index contributed by atoms with van der Waals surface area (Å²) in [4.78, 5) is 2.40. The van der Waals surface area contributed by atoms with Gasteiger partial charge in [0.25, 0.3) is 0 Å². The molecule has 2 aromatic rings. The van der Waals surface area contributed by atoms with E-state index in [2.05, 4.69) is 66.9 Å². The molecule has 1 nitrogen and oxygen atoms in total. The second-order valence-corrected chi connectivity index (χ2v) is 5.30. The van der Waals surface area contributed by atoms with Crippen molar-refractivity contribution in [2.24, 2.45) is 0 Å². The zero-order valence-electron chi connectivity index (χ0n) is 11.4. The first-order chi connectivity index (χ1) is 9.25. The van der Waals surface area contributed by atoms with Crippen molar-refractivity contribution in [2.75, 3.05) is 11.4 Å². The molecule has 0 aromatic heterocycles. The Kier molecular flexibility index (Phi) is 3.12. The molecule has 19 heavy (non-hydrogen) atoms. The predicted molar refractivity (Wildman–Crippen MR) is 82.1 cm³/mol. The minimum Gasteiger partial charge on any atom is -0.337 e. The van der Waals surface area contributed by atoms with Crippen LogP contribution < -0.4 is 4.90 Å². The molecular formula is C18H19N. The SMILES string of the molecule is C=C(C)CN1c2ccccc2CCc2ccccc21. The van der Waals surface area contributed by atoms with Crippen molar-refractivity contribution in [3.63, 3.8) is 0 Å². The van der Waals surface area contributed by atoms with Gasteiger partial charge in [0.2, 0.25) is 0 Å². The number of rotatable bonds is 2. The average Bonchev–Trinajstić information content (AvgIpc) is 2.57. The van der Waals surface area contributed by atoms with Gasteiger partial charge in [0.15, 0.2) is 0 Å². The maximum Gasteiger partial charge on any atom is 0.0446 e. The molecule has 0 fully saturated rings. The molecule has 0 amide bonds. The van der Waals surface area contributed by atoms with E-state index in [1.807, 2.05) is 0 Å². The van der Waals surface area contributed by atoms with Crippen molar-refractivity contribution in [2.45, 2.75) is 19.8 Å². The Balaban J connectivity index is 2.16. The van der Waals surface area contributed by atoms with Crippen LogP contribution in [0.1, 0.15) is 18.1 Å². The molecule has 1 heteroatoms. The summed E-state index contributed by atoms with van der Waals surface area (Å²) in [5.74, 6) is 0. The van der Waals surface area contributed by atoms with E-state index in [1.54, 1.807) is 0 Å². The number of fused-ring (bicyclic) bond motifs is 2. The fourth-order valence-corrected chi connectivity index (χ4v) is 2.81. The quantitative estimate of drug-likeness (QED) is 0.708. The van der Waals surface area contributed by atoms with Crippen molar-refractivity contribution in [1.29, 1.82) is 0 Å². The normalized spacial score (nSPS) is 13.4. The third-order valence-corrected chi connectivity index (χ3v) is 3.66. The average molecular weight is 249 g/mol. The summed E-state index contributed by atoms with van der Waals surface area (Å²) in [6.45, 7) is 7.06. The topological polar surface area (TPSA) is 3.24 Å². The number of aryl methyl sites for hydroxylation is 2. The van der Waals surface area contributed by atoms with E-state index in [9.17, 15) is 0 Å². The summed E-state index contributed by atoms with van der Waals surface area (Å²) >= 11 is 0. The van der Waals surface area contributed by atoms with E-state index in [-0.39, 0.29) is 0 Å². The second-order valence-electron chi connectivity index (χ2n) is 5.30. The van der Waals surface area contributed by atoms with Crippen LogP contribution in [0.4, 0.5) is 11.4 Å². The number of benzene rings is 2. The first kappa shape index (κ1) is 12.0. The number of hydrogen-bond donors (Lipinski definition) is 0. The van der Waals surface area contributed by atoms with Crippen molar-refractivity contribution < 1.29 is 0 Å². The third kappa shape index (κ3) is 2.28. The van der Waals surface area contributed by atoms with Gasteiger partial charge >= 0.3 is 0 Å². The smallest absolute Gasteiger partial charge is 0.0446 e. The van der Waals surface area contributed by atoms with Gasteiger partial charge in [-0.1, -0.05) is 48.6 Å². The Labute approximate surface area is 115 Å². The zero-order chi connectivity index (χ0) is 13.2. The Bertz CT molecular complexity index is 565. The van der Waals surface area contributed by atoms with Gasteiger partial charge < -0.3 is 4.90 Å². The molecule has 0 saturated heterocycles. The highest BCUT2D eigenvalue weighted by Crippen LogP contribution is 2.36. The lowest BCUT2D eigenvalue weighted by Crippen LogP contribution is -2.20. The minimum absolute atomic E-state index is 0.883. The molecule has 96 valence electrons. The van der Waals surface area contributed by atoms with Gasteiger partial charge in [-0.2, -0.15) is 0 Å². The molecule has 0 unspecified atom stereocenters. The van der Waals surface area contributed by atoms with Crippen LogP contribution in [0.25, 0.3) is 0 Å². The van der Waals surface area contributed by atoms with Crippen LogP contribution in [0.5, 0.6) is 0 Å². The summed E-state index contributed by atoms with van der Waals surface area (Å²) in [6.07, 6.45) is 2.22. The molecule has 0 saturated carbocycles. The Morgan fingerprint density at radius 2 is 1.42 bits per heavy atom. The van der Waals surface area contributed by atoms with Crippen LogP contribution in [0.15, 0.2) is 60.7 Å². The molecule has 0 atom stereocenters. The summed E-state index contributed by atoms with van der Waals surface area (Å²) in [7, 11) is 0. The number of para-hydroxylation sites is 2. The highest BCUT2D eigenvalue weighted by molar-refractivity contribution is 5.71. The van der Waals surface area contributed by atoms with Crippen LogP contribution in [0, 0.1) is 0 Å². The van der Waals surface area contributed by atoms with Crippen molar-refractivity contribution in [1.82, 2.24) is 0 Å². The van der Waals surface area contributed by atoms with Crippen molar-refractivity contribution in [3.05, 3.63) is 71.8 Å². The van der Waals surface area contributed by atoms with Gasteiger partial charge in [0.1, 0.15) is 0 Å². The lowest BCUT2D eigenvalue weighted by molar-refractivity contribution is 0.977. The van der Waals surface area contributed by atoms with E-state index < -0.39 is 0 Å². The van der Waals surface area contributed by atoms with Crippen LogP contribution in [0.2, 0.25) is 0 Å². The lowest BCUT2D eigenvalue weighted by Gasteiger charge is -2.27. The van der Waals surface area contributed by atoms with Crippen LogP contribution in [0.3, 0.4) is 0 Å². The molecule has 2 aromatic carbocycles. The van der Waals surface area contributed by atoms with Gasteiger partial charge in [-0.05, 0) is 43.0 Å². The van der Waals surface area contributed by atoms with Crippen LogP contribution in [-0.2, 0) is 12.8 Å². The first-order valence-electron chi connectivity index (χ1n) is 6.83. The molecule has 0 spiro atoms. The number of anilines is 2. The fourth-order valence-electron chi connectivity index (χ4n) is 2.81. The van der Waals surface area contributed by atoms with E-state index in [0.29, 0.717) is 0 Å². The summed E-state index contributed by atoms with van der Waals surface area (Å²) < 4.78 is 0. The van der Waals surface area contributed by atoms with Crippen LogP contribution in [-0.4, -0.2) is 6.54 Å². The highest BCUT2D eigenvalue weighted by Gasteiger charge is 2.19. The minimum atomic E-state index is 0.883. The van der Waals surface area contributed by atoms with Gasteiger partial charge in [-0.3, -0.25) is 0 Å². The Morgan fingerprint density at radius 1 is 0.947 bits per heavy atom. The van der Waals surface area contributed by atoms with Gasteiger partial charge in [-0.25, -0.2) is 0 Å². The van der Waals surface area contributed by atoms with E-state index in [4.69, 9.17) is 0 Å². The lowest BCUT2D eigenvalue weighted by atomic mass is 10.0. The molecule has 1 aliphatic rings. The number of hydrogen-bond acceptors (Lipinski definition) is 1. The predicted octanol–water partition coefficient (Wildman–Crippen LogP) is 4.50. The first-order valence-corrected chi connectivity index (χ1v) is 6.83. The van der Waals surface area contributed by atoms with Crippen molar-refractivity contribution in [3.8, 4) is 0 Å². The summed E-state index contributed by atoms with van der Waals surface area (Å²) in [5.41, 5.74) is 6.71. The van der Waals surface area contributed by atoms with Crippen molar-refractivity contribution >= 4 is 11.4 Å². The monoisotopic (exact) mass is 249 g/mol. The molecule has 1 aliphatic heterocycles. The molecule has 3 rings (SSSR count). The summed E-state index contributed by atoms with van der Waals surface area (Å²) in [6, 6.07) is 17.4. The highest BCUT2D eigenvalue weighted by atomic mass is 15.1. The van der Waals surface area contributed by atoms with E-state index in [1.165, 1.54) is 28.1 Å². The molecule has 0 N–H and O–H groups in total. The largest absolute Gasteiger partial charge is 0.337 e. The van der Waals surface area contributed by atoms with E-state index in [0.717, 1.165) is 19.4 Å². The fraction of sp³-hybridized carbons (Fsp3) is 0.222. The van der Waals surface area contributed by atoms with Gasteiger partial charge in [-0.15, -0.1) is 0 Å². The molecule has 0 radical (unpaired) electrons. The summed E-state index contributed by atoms with van der Waals surface area (Å²) in [5, 5.41) is 0. The van der Waals surface area contributed by atoms with E-state index >= 15 is 0 Å². The second kappa shape index (κ2) is 4.93. The standard InChI is InChI=1S/C18H19N/c1-14(2)13-19-17-9-5-3-7-15(17)11-12-16-8-4-6-10-18(16)19/h3-10H,1,11-13H2,2H3. The number of nitrogens with zero attached hydrogens (tertiary/aromatic N) is 1. The zero-order valence-corrected chi connectivity index (χ0v) is 11.4. The van der Waals surface area contributed by atoms with Crippen LogP contribution >= 0.6 is 0 Å². The molecule has 0 bridgehead atoms. The van der Waals surface area contributed by atoms with Gasteiger partial charge in [0, 0.05) is 17.9 Å². The van der Waals surface area contributed by atoms with Gasteiger partial charge in [0.05, 0.1) is 0 Å². The molecular weight excluding hydrogens is 230 g/mol. The molecule has 0 aliphatic carbocycles.